The second-order valence-corrected chi connectivity index (χ2v) is 7.70. The Labute approximate surface area is 171 Å². The van der Waals surface area contributed by atoms with Crippen LogP contribution in [0.1, 0.15) is 76.7 Å². The van der Waals surface area contributed by atoms with Gasteiger partial charge in [-0.1, -0.05) is 76.8 Å². The first kappa shape index (κ1) is 23.4. The van der Waals surface area contributed by atoms with Crippen molar-refractivity contribution >= 4 is 29.2 Å². The molecule has 0 spiro atoms. The van der Waals surface area contributed by atoms with Crippen molar-refractivity contribution < 1.29 is 0 Å². The summed E-state index contributed by atoms with van der Waals surface area (Å²) in [6.45, 7) is 3.18. The van der Waals surface area contributed by atoms with Crippen molar-refractivity contribution in [1.29, 1.82) is 0 Å². The summed E-state index contributed by atoms with van der Waals surface area (Å²) in [6, 6.07) is 8.23. The summed E-state index contributed by atoms with van der Waals surface area (Å²) >= 11 is 5.25. The zero-order valence-electron chi connectivity index (χ0n) is 17.5. The molecule has 0 heterocycles. The SMILES string of the molecule is CCCCCCCCCCCCNC(=S)N/N=C/c1ccc(N(C)C)cc1. The third-order valence-corrected chi connectivity index (χ3v) is 4.84. The Morgan fingerprint density at radius 3 is 2.04 bits per heavy atom. The Morgan fingerprint density at radius 1 is 0.926 bits per heavy atom. The van der Waals surface area contributed by atoms with E-state index in [1.165, 1.54) is 63.5 Å². The maximum absolute atomic E-state index is 5.25. The van der Waals surface area contributed by atoms with Gasteiger partial charge in [0.25, 0.3) is 0 Å². The summed E-state index contributed by atoms with van der Waals surface area (Å²) < 4.78 is 0. The molecule has 0 bridgehead atoms. The van der Waals surface area contributed by atoms with Crippen LogP contribution in [-0.4, -0.2) is 32.0 Å². The van der Waals surface area contributed by atoms with E-state index in [0.29, 0.717) is 5.11 Å². The minimum atomic E-state index is 0.590. The summed E-state index contributed by atoms with van der Waals surface area (Å²) in [5.74, 6) is 0. The lowest BCUT2D eigenvalue weighted by Crippen LogP contribution is -2.32. The third kappa shape index (κ3) is 12.4. The number of hydrogen-bond acceptors (Lipinski definition) is 3. The van der Waals surface area contributed by atoms with Crippen molar-refractivity contribution in [2.24, 2.45) is 5.10 Å². The predicted molar refractivity (Wildman–Crippen MR) is 124 cm³/mol. The maximum Gasteiger partial charge on any atom is 0.186 e. The van der Waals surface area contributed by atoms with Crippen molar-refractivity contribution in [2.75, 3.05) is 25.5 Å². The lowest BCUT2D eigenvalue weighted by atomic mass is 10.1. The third-order valence-electron chi connectivity index (χ3n) is 4.61. The van der Waals surface area contributed by atoms with Gasteiger partial charge in [0.1, 0.15) is 0 Å². The van der Waals surface area contributed by atoms with Crippen molar-refractivity contribution in [1.82, 2.24) is 10.7 Å². The molecule has 4 nitrogen and oxygen atoms in total. The first-order valence-electron chi connectivity index (χ1n) is 10.5. The van der Waals surface area contributed by atoms with E-state index >= 15 is 0 Å². The van der Waals surface area contributed by atoms with Gasteiger partial charge in [0, 0.05) is 26.3 Å². The molecule has 152 valence electrons. The molecule has 0 radical (unpaired) electrons. The first-order chi connectivity index (χ1) is 13.1. The molecule has 0 atom stereocenters. The average Bonchev–Trinajstić information content (AvgIpc) is 2.66. The van der Waals surface area contributed by atoms with Crippen molar-refractivity contribution in [2.45, 2.75) is 71.1 Å². The van der Waals surface area contributed by atoms with Crippen LogP contribution >= 0.6 is 12.2 Å². The van der Waals surface area contributed by atoms with Crippen LogP contribution in [0.25, 0.3) is 0 Å². The van der Waals surface area contributed by atoms with E-state index in [1.807, 2.05) is 26.2 Å². The fourth-order valence-corrected chi connectivity index (χ4v) is 3.03. The molecular weight excluding hydrogens is 352 g/mol. The van der Waals surface area contributed by atoms with Crippen molar-refractivity contribution in [3.63, 3.8) is 0 Å². The number of thiocarbonyl (C=S) groups is 1. The number of nitrogens with zero attached hydrogens (tertiary/aromatic N) is 2. The number of hydrazone groups is 1. The highest BCUT2D eigenvalue weighted by atomic mass is 32.1. The quantitative estimate of drug-likeness (QED) is 0.191. The molecular formula is C22H38N4S. The topological polar surface area (TPSA) is 39.7 Å². The molecule has 1 aromatic rings. The van der Waals surface area contributed by atoms with Crippen LogP contribution in [0.5, 0.6) is 0 Å². The van der Waals surface area contributed by atoms with Gasteiger partial charge in [0.05, 0.1) is 6.21 Å². The second-order valence-electron chi connectivity index (χ2n) is 7.29. The molecule has 0 saturated carbocycles. The van der Waals surface area contributed by atoms with Gasteiger partial charge in [0.2, 0.25) is 0 Å². The number of rotatable bonds is 14. The minimum Gasteiger partial charge on any atom is -0.378 e. The fraction of sp³-hybridized carbons (Fsp3) is 0.636. The second kappa shape index (κ2) is 15.4. The number of anilines is 1. The standard InChI is InChI=1S/C22H38N4S/c1-4-5-6-7-8-9-10-11-12-13-18-23-22(27)25-24-19-20-14-16-21(17-15-20)26(2)3/h14-17,19H,4-13,18H2,1-3H3,(H2,23,25,27)/b24-19+. The summed E-state index contributed by atoms with van der Waals surface area (Å²) in [5.41, 5.74) is 5.11. The minimum absolute atomic E-state index is 0.590. The van der Waals surface area contributed by atoms with Crippen molar-refractivity contribution in [3.05, 3.63) is 29.8 Å². The van der Waals surface area contributed by atoms with Crippen LogP contribution in [0, 0.1) is 0 Å². The molecule has 0 fully saturated rings. The zero-order chi connectivity index (χ0) is 19.7. The Kier molecular flexibility index (Phi) is 13.4. The van der Waals surface area contributed by atoms with Gasteiger partial charge in [0.15, 0.2) is 5.11 Å². The highest BCUT2D eigenvalue weighted by Crippen LogP contribution is 2.11. The summed E-state index contributed by atoms with van der Waals surface area (Å²) in [6.07, 6.45) is 15.3. The highest BCUT2D eigenvalue weighted by molar-refractivity contribution is 7.80. The Balaban J connectivity index is 1.99. The number of nitrogens with one attached hydrogen (secondary N) is 2. The van der Waals surface area contributed by atoms with Gasteiger partial charge in [-0.15, -0.1) is 0 Å². The van der Waals surface area contributed by atoms with Crippen LogP contribution in [0.15, 0.2) is 29.4 Å². The van der Waals surface area contributed by atoms with E-state index in [1.54, 1.807) is 6.21 Å². The lowest BCUT2D eigenvalue weighted by molar-refractivity contribution is 0.554. The van der Waals surface area contributed by atoms with Gasteiger partial charge in [-0.2, -0.15) is 5.10 Å². The summed E-state index contributed by atoms with van der Waals surface area (Å²) in [7, 11) is 4.06. The lowest BCUT2D eigenvalue weighted by Gasteiger charge is -2.11. The van der Waals surface area contributed by atoms with E-state index in [0.717, 1.165) is 18.5 Å². The van der Waals surface area contributed by atoms with E-state index in [2.05, 4.69) is 39.8 Å². The van der Waals surface area contributed by atoms with E-state index in [4.69, 9.17) is 12.2 Å². The van der Waals surface area contributed by atoms with Gasteiger partial charge in [-0.25, -0.2) is 0 Å². The molecule has 1 rings (SSSR count). The van der Waals surface area contributed by atoms with E-state index < -0.39 is 0 Å². The monoisotopic (exact) mass is 390 g/mol. The molecule has 0 aliphatic heterocycles. The number of unbranched alkanes of at least 4 members (excludes halogenated alkanes) is 9. The molecule has 0 saturated heterocycles. The Morgan fingerprint density at radius 2 is 1.48 bits per heavy atom. The van der Waals surface area contributed by atoms with Crippen LogP contribution in [0.3, 0.4) is 0 Å². The molecule has 27 heavy (non-hydrogen) atoms. The molecule has 0 aromatic heterocycles. The molecule has 0 unspecified atom stereocenters. The number of hydrogen-bond donors (Lipinski definition) is 2. The predicted octanol–water partition coefficient (Wildman–Crippen LogP) is 5.47. The van der Waals surface area contributed by atoms with Gasteiger partial charge >= 0.3 is 0 Å². The number of benzene rings is 1. The molecule has 1 aromatic carbocycles. The average molecular weight is 391 g/mol. The van der Waals surface area contributed by atoms with E-state index in [-0.39, 0.29) is 0 Å². The van der Waals surface area contributed by atoms with Gasteiger partial charge in [-0.3, -0.25) is 5.43 Å². The van der Waals surface area contributed by atoms with Gasteiger partial charge < -0.3 is 10.2 Å². The fourth-order valence-electron chi connectivity index (χ4n) is 2.88. The van der Waals surface area contributed by atoms with Crippen molar-refractivity contribution in [3.8, 4) is 0 Å². The summed E-state index contributed by atoms with van der Waals surface area (Å²) in [5, 5.41) is 8.00. The highest BCUT2D eigenvalue weighted by Gasteiger charge is 1.96. The smallest absolute Gasteiger partial charge is 0.186 e. The zero-order valence-corrected chi connectivity index (χ0v) is 18.3. The first-order valence-corrected chi connectivity index (χ1v) is 10.9. The van der Waals surface area contributed by atoms with E-state index in [9.17, 15) is 0 Å². The molecule has 5 heteroatoms. The largest absolute Gasteiger partial charge is 0.378 e. The van der Waals surface area contributed by atoms with Gasteiger partial charge in [-0.05, 0) is 36.3 Å². The maximum atomic E-state index is 5.25. The van der Waals surface area contributed by atoms with Crippen LogP contribution < -0.4 is 15.6 Å². The normalized spacial score (nSPS) is 10.9. The summed E-state index contributed by atoms with van der Waals surface area (Å²) in [4.78, 5) is 2.08. The van der Waals surface area contributed by atoms with Crippen LogP contribution in [0.2, 0.25) is 0 Å². The van der Waals surface area contributed by atoms with Crippen LogP contribution in [0.4, 0.5) is 5.69 Å². The molecule has 0 amide bonds. The Bertz CT molecular complexity index is 526. The Hall–Kier alpha value is -1.62. The van der Waals surface area contributed by atoms with Crippen LogP contribution in [-0.2, 0) is 0 Å². The molecule has 0 aliphatic rings. The molecule has 2 N–H and O–H groups in total. The molecule has 0 aliphatic carbocycles.